The minimum absolute atomic E-state index is 0.182. The van der Waals surface area contributed by atoms with E-state index in [1.54, 1.807) is 0 Å². The lowest BCUT2D eigenvalue weighted by Crippen LogP contribution is -2.51. The van der Waals surface area contributed by atoms with Gasteiger partial charge in [-0.3, -0.25) is 9.69 Å². The largest absolute Gasteiger partial charge is 0.387 e. The number of piperazine rings is 1. The van der Waals surface area contributed by atoms with Crippen LogP contribution in [-0.2, 0) is 4.79 Å². The molecule has 3 rings (SSSR count). The SMILES string of the molecule is CN1CCC(C(=O)N2CCN(CC(O)c3ccccc3)CC2)C1. The highest BCUT2D eigenvalue weighted by molar-refractivity contribution is 5.79. The Hall–Kier alpha value is -1.43. The first-order valence-corrected chi connectivity index (χ1v) is 8.56. The summed E-state index contributed by atoms with van der Waals surface area (Å²) >= 11 is 0. The summed E-state index contributed by atoms with van der Waals surface area (Å²) in [4.78, 5) is 19.0. The Morgan fingerprint density at radius 2 is 1.87 bits per heavy atom. The number of aliphatic hydroxyl groups excluding tert-OH is 1. The van der Waals surface area contributed by atoms with E-state index in [0.717, 1.165) is 51.3 Å². The van der Waals surface area contributed by atoms with Crippen LogP contribution in [0.3, 0.4) is 0 Å². The van der Waals surface area contributed by atoms with Crippen molar-refractivity contribution in [1.82, 2.24) is 14.7 Å². The molecule has 1 N–H and O–H groups in total. The average molecular weight is 317 g/mol. The number of carbonyl (C=O) groups excluding carboxylic acids is 1. The second-order valence-electron chi connectivity index (χ2n) is 6.80. The summed E-state index contributed by atoms with van der Waals surface area (Å²) in [5, 5.41) is 10.3. The molecule has 0 aliphatic carbocycles. The van der Waals surface area contributed by atoms with Crippen molar-refractivity contribution in [3.05, 3.63) is 35.9 Å². The first kappa shape index (κ1) is 16.4. The third kappa shape index (κ3) is 4.10. The molecule has 2 fully saturated rings. The van der Waals surface area contributed by atoms with Gasteiger partial charge in [0.05, 0.1) is 12.0 Å². The second-order valence-corrected chi connectivity index (χ2v) is 6.80. The molecule has 2 saturated heterocycles. The van der Waals surface area contributed by atoms with Crippen molar-refractivity contribution in [3.8, 4) is 0 Å². The van der Waals surface area contributed by atoms with Crippen molar-refractivity contribution >= 4 is 5.91 Å². The fraction of sp³-hybridized carbons (Fsp3) is 0.611. The second kappa shape index (κ2) is 7.43. The van der Waals surface area contributed by atoms with Crippen molar-refractivity contribution in [2.75, 3.05) is 52.9 Å². The first-order chi connectivity index (χ1) is 11.1. The smallest absolute Gasteiger partial charge is 0.227 e. The van der Waals surface area contributed by atoms with Crippen LogP contribution in [0.1, 0.15) is 18.1 Å². The number of rotatable bonds is 4. The molecule has 0 saturated carbocycles. The van der Waals surface area contributed by atoms with Crippen LogP contribution in [0.25, 0.3) is 0 Å². The Bertz CT molecular complexity index is 514. The summed E-state index contributed by atoms with van der Waals surface area (Å²) in [7, 11) is 2.08. The summed E-state index contributed by atoms with van der Waals surface area (Å²) in [5.74, 6) is 0.499. The Kier molecular flexibility index (Phi) is 5.30. The summed E-state index contributed by atoms with van der Waals surface area (Å²) in [5.41, 5.74) is 0.958. The molecule has 0 spiro atoms. The fourth-order valence-electron chi connectivity index (χ4n) is 3.57. The average Bonchev–Trinajstić information content (AvgIpc) is 3.02. The topological polar surface area (TPSA) is 47.0 Å². The molecule has 23 heavy (non-hydrogen) atoms. The Morgan fingerprint density at radius 1 is 1.17 bits per heavy atom. The third-order valence-corrected chi connectivity index (χ3v) is 5.04. The minimum atomic E-state index is -0.457. The van der Waals surface area contributed by atoms with Gasteiger partial charge in [-0.05, 0) is 25.6 Å². The maximum Gasteiger partial charge on any atom is 0.227 e. The molecule has 2 atom stereocenters. The predicted octanol–water partition coefficient (Wildman–Crippen LogP) is 0.816. The van der Waals surface area contributed by atoms with Gasteiger partial charge in [0.1, 0.15) is 0 Å². The molecule has 5 heteroatoms. The Morgan fingerprint density at radius 3 is 2.48 bits per heavy atom. The van der Waals surface area contributed by atoms with Crippen LogP contribution in [0.5, 0.6) is 0 Å². The monoisotopic (exact) mass is 317 g/mol. The Balaban J connectivity index is 1.46. The zero-order chi connectivity index (χ0) is 16.2. The minimum Gasteiger partial charge on any atom is -0.387 e. The predicted molar refractivity (Wildman–Crippen MR) is 90.0 cm³/mol. The van der Waals surface area contributed by atoms with Crippen LogP contribution in [0.15, 0.2) is 30.3 Å². The number of hydrogen-bond acceptors (Lipinski definition) is 4. The van der Waals surface area contributed by atoms with Gasteiger partial charge in [0.25, 0.3) is 0 Å². The maximum absolute atomic E-state index is 12.5. The molecule has 2 unspecified atom stereocenters. The van der Waals surface area contributed by atoms with Gasteiger partial charge >= 0.3 is 0 Å². The van der Waals surface area contributed by atoms with E-state index in [1.165, 1.54) is 0 Å². The lowest BCUT2D eigenvalue weighted by atomic mass is 10.1. The van der Waals surface area contributed by atoms with Crippen LogP contribution in [0.2, 0.25) is 0 Å². The van der Waals surface area contributed by atoms with Crippen molar-refractivity contribution in [2.45, 2.75) is 12.5 Å². The molecule has 0 bridgehead atoms. The summed E-state index contributed by atoms with van der Waals surface area (Å²) in [6, 6.07) is 9.78. The fourth-order valence-corrected chi connectivity index (χ4v) is 3.57. The van der Waals surface area contributed by atoms with Crippen molar-refractivity contribution in [1.29, 1.82) is 0 Å². The van der Waals surface area contributed by atoms with E-state index >= 15 is 0 Å². The number of aliphatic hydroxyl groups is 1. The zero-order valence-electron chi connectivity index (χ0n) is 13.9. The summed E-state index contributed by atoms with van der Waals surface area (Å²) < 4.78 is 0. The van der Waals surface area contributed by atoms with E-state index in [1.807, 2.05) is 35.2 Å². The molecule has 0 aromatic heterocycles. The van der Waals surface area contributed by atoms with E-state index in [2.05, 4.69) is 16.8 Å². The third-order valence-electron chi connectivity index (χ3n) is 5.04. The van der Waals surface area contributed by atoms with Gasteiger partial charge in [-0.1, -0.05) is 30.3 Å². The van der Waals surface area contributed by atoms with Gasteiger partial charge in [0.15, 0.2) is 0 Å². The number of likely N-dealkylation sites (tertiary alicyclic amines) is 1. The van der Waals surface area contributed by atoms with Gasteiger partial charge in [-0.2, -0.15) is 0 Å². The number of amides is 1. The Labute approximate surface area is 138 Å². The highest BCUT2D eigenvalue weighted by Crippen LogP contribution is 2.19. The molecule has 2 heterocycles. The molecule has 5 nitrogen and oxygen atoms in total. The van der Waals surface area contributed by atoms with Gasteiger partial charge in [0, 0.05) is 39.3 Å². The van der Waals surface area contributed by atoms with Gasteiger partial charge in [0.2, 0.25) is 5.91 Å². The van der Waals surface area contributed by atoms with E-state index in [0.29, 0.717) is 12.5 Å². The molecule has 1 aromatic carbocycles. The first-order valence-electron chi connectivity index (χ1n) is 8.56. The molecule has 1 aromatic rings. The van der Waals surface area contributed by atoms with Gasteiger partial charge in [-0.25, -0.2) is 0 Å². The van der Waals surface area contributed by atoms with Crippen molar-refractivity contribution in [2.24, 2.45) is 5.92 Å². The van der Waals surface area contributed by atoms with E-state index in [4.69, 9.17) is 0 Å². The lowest BCUT2D eigenvalue weighted by molar-refractivity contribution is -0.137. The number of benzene rings is 1. The quantitative estimate of drug-likeness (QED) is 0.893. The molecule has 2 aliphatic heterocycles. The van der Waals surface area contributed by atoms with Crippen LogP contribution in [-0.4, -0.2) is 78.6 Å². The molecular weight excluding hydrogens is 290 g/mol. The highest BCUT2D eigenvalue weighted by atomic mass is 16.3. The molecular formula is C18H27N3O2. The van der Waals surface area contributed by atoms with Crippen LogP contribution in [0, 0.1) is 5.92 Å². The lowest BCUT2D eigenvalue weighted by Gasteiger charge is -2.36. The number of carbonyl (C=O) groups is 1. The summed E-state index contributed by atoms with van der Waals surface area (Å²) in [6.07, 6.45) is 0.532. The summed E-state index contributed by atoms with van der Waals surface area (Å²) in [6.45, 7) is 5.81. The maximum atomic E-state index is 12.5. The molecule has 126 valence electrons. The van der Waals surface area contributed by atoms with Crippen molar-refractivity contribution < 1.29 is 9.90 Å². The van der Waals surface area contributed by atoms with Crippen LogP contribution >= 0.6 is 0 Å². The highest BCUT2D eigenvalue weighted by Gasteiger charge is 2.31. The van der Waals surface area contributed by atoms with Crippen LogP contribution < -0.4 is 0 Å². The van der Waals surface area contributed by atoms with Gasteiger partial charge in [-0.15, -0.1) is 0 Å². The standard InChI is InChI=1S/C18H27N3O2/c1-19-8-7-16(13-19)18(23)21-11-9-20(10-12-21)14-17(22)15-5-3-2-4-6-15/h2-6,16-17,22H,7-14H2,1H3. The van der Waals surface area contributed by atoms with E-state index in [-0.39, 0.29) is 5.92 Å². The van der Waals surface area contributed by atoms with Gasteiger partial charge < -0.3 is 14.9 Å². The van der Waals surface area contributed by atoms with E-state index < -0.39 is 6.10 Å². The zero-order valence-corrected chi connectivity index (χ0v) is 13.9. The number of nitrogens with zero attached hydrogens (tertiary/aromatic N) is 3. The van der Waals surface area contributed by atoms with E-state index in [9.17, 15) is 9.90 Å². The number of β-amino-alcohol motifs (C(OH)–C–C–N with tert-alkyl or cyclic N) is 1. The number of hydrogen-bond donors (Lipinski definition) is 1. The molecule has 0 radical (unpaired) electrons. The van der Waals surface area contributed by atoms with Crippen molar-refractivity contribution in [3.63, 3.8) is 0 Å². The molecule has 2 aliphatic rings. The molecule has 1 amide bonds. The normalized spacial score (nSPS) is 24.8. The van der Waals surface area contributed by atoms with Crippen LogP contribution in [0.4, 0.5) is 0 Å².